The molecule has 0 saturated heterocycles. The molecule has 0 aliphatic heterocycles. The highest BCUT2D eigenvalue weighted by Gasteiger charge is 1.87. The van der Waals surface area contributed by atoms with Gasteiger partial charge in [-0.2, -0.15) is 0 Å². The van der Waals surface area contributed by atoms with Crippen molar-refractivity contribution in [3.8, 4) is 0 Å². The van der Waals surface area contributed by atoms with E-state index in [2.05, 4.69) is 6.58 Å². The van der Waals surface area contributed by atoms with Crippen LogP contribution in [0.4, 0.5) is 4.39 Å². The monoisotopic (exact) mass is 125 g/mol. The van der Waals surface area contributed by atoms with Gasteiger partial charge in [-0.25, -0.2) is 4.39 Å². The van der Waals surface area contributed by atoms with Crippen molar-refractivity contribution in [2.75, 3.05) is 0 Å². The fourth-order valence-electron chi connectivity index (χ4n) is 0.284. The Labute approximate surface area is 55.2 Å². The van der Waals surface area contributed by atoms with Crippen molar-refractivity contribution < 1.29 is 4.39 Å². The first-order valence-corrected chi connectivity index (χ1v) is 2.59. The van der Waals surface area contributed by atoms with Crippen molar-refractivity contribution in [3.05, 3.63) is 36.2 Å². The third kappa shape index (κ3) is 3.59. The van der Waals surface area contributed by atoms with E-state index in [1.165, 1.54) is 26.1 Å². The topological polar surface area (TPSA) is 26.0 Å². The van der Waals surface area contributed by atoms with E-state index >= 15 is 0 Å². The Morgan fingerprint density at radius 3 is 2.56 bits per heavy atom. The van der Waals surface area contributed by atoms with Crippen LogP contribution in [0.1, 0.15) is 0 Å². The van der Waals surface area contributed by atoms with Crippen molar-refractivity contribution in [2.24, 2.45) is 5.73 Å². The molecule has 0 aromatic rings. The van der Waals surface area contributed by atoms with E-state index < -0.39 is 5.83 Å². The average Bonchev–Trinajstić information content (AvgIpc) is 1.82. The van der Waals surface area contributed by atoms with Crippen molar-refractivity contribution >= 4 is 7.85 Å². The van der Waals surface area contributed by atoms with Crippen LogP contribution in [-0.2, 0) is 0 Å². The van der Waals surface area contributed by atoms with Crippen LogP contribution in [0.25, 0.3) is 0 Å². The third-order valence-corrected chi connectivity index (χ3v) is 0.755. The fourth-order valence-corrected chi connectivity index (χ4v) is 0.284. The zero-order valence-corrected chi connectivity index (χ0v) is 5.39. The summed E-state index contributed by atoms with van der Waals surface area (Å²) in [7, 11) is 1.50. The molecule has 3 heteroatoms. The summed E-state index contributed by atoms with van der Waals surface area (Å²) in [6.07, 6.45) is 4.25. The number of allylic oxidation sites excluding steroid dienone is 4. The summed E-state index contributed by atoms with van der Waals surface area (Å²) in [6, 6.07) is 0. The van der Waals surface area contributed by atoms with E-state index in [1.54, 1.807) is 0 Å². The summed E-state index contributed by atoms with van der Waals surface area (Å²) in [6.45, 7) is 3.38. The van der Waals surface area contributed by atoms with Gasteiger partial charge in [-0.15, -0.1) is 0 Å². The molecule has 0 aromatic heterocycles. The minimum Gasteiger partial charge on any atom is -0.408 e. The molecule has 2 N–H and O–H groups in total. The molecule has 0 bridgehead atoms. The molecular formula is C6H9BFN. The average molecular weight is 125 g/mol. The first kappa shape index (κ1) is 8.01. The van der Waals surface area contributed by atoms with Gasteiger partial charge in [0.25, 0.3) is 0 Å². The smallest absolute Gasteiger partial charge is 0.163 e. The summed E-state index contributed by atoms with van der Waals surface area (Å²) < 4.78 is 12.3. The third-order valence-electron chi connectivity index (χ3n) is 0.755. The Bertz CT molecular complexity index is 156. The molecule has 0 unspecified atom stereocenters. The van der Waals surface area contributed by atoms with Gasteiger partial charge in [-0.3, -0.25) is 0 Å². The zero-order chi connectivity index (χ0) is 7.28. The van der Waals surface area contributed by atoms with Crippen LogP contribution in [-0.4, -0.2) is 7.85 Å². The van der Waals surface area contributed by atoms with Crippen molar-refractivity contribution in [1.29, 1.82) is 0 Å². The van der Waals surface area contributed by atoms with E-state index in [-0.39, 0.29) is 5.60 Å². The summed E-state index contributed by atoms with van der Waals surface area (Å²) in [5.41, 5.74) is 5.28. The van der Waals surface area contributed by atoms with Gasteiger partial charge in [0.15, 0.2) is 7.85 Å². The molecule has 48 valence electrons. The van der Waals surface area contributed by atoms with Crippen LogP contribution >= 0.6 is 0 Å². The Balaban J connectivity index is 4.06. The Kier molecular flexibility index (Phi) is 3.52. The lowest BCUT2D eigenvalue weighted by Gasteiger charge is -1.88. The Morgan fingerprint density at radius 2 is 2.22 bits per heavy atom. The molecular weight excluding hydrogens is 116 g/mol. The maximum absolute atomic E-state index is 12.3. The lowest BCUT2D eigenvalue weighted by molar-refractivity contribution is 0.660. The summed E-state index contributed by atoms with van der Waals surface area (Å²) >= 11 is 0. The van der Waals surface area contributed by atoms with E-state index in [0.29, 0.717) is 0 Å². The van der Waals surface area contributed by atoms with E-state index in [4.69, 9.17) is 5.73 Å². The number of halogens is 1. The van der Waals surface area contributed by atoms with Crippen molar-refractivity contribution in [1.82, 2.24) is 0 Å². The fraction of sp³-hybridized carbons (Fsp3) is 0. The molecule has 0 spiro atoms. The molecule has 0 rings (SSSR count). The first-order chi connectivity index (χ1) is 4.18. The first-order valence-electron chi connectivity index (χ1n) is 2.59. The Hall–Kier alpha value is -0.985. The van der Waals surface area contributed by atoms with Crippen LogP contribution in [0, 0.1) is 0 Å². The van der Waals surface area contributed by atoms with E-state index in [1.807, 2.05) is 0 Å². The highest BCUT2D eigenvalue weighted by molar-refractivity contribution is 6.21. The SMILES string of the molecule is B/C(N)=C(F)/C=C\C=C. The van der Waals surface area contributed by atoms with Gasteiger partial charge in [0.1, 0.15) is 5.83 Å². The second-order valence-corrected chi connectivity index (χ2v) is 1.63. The molecule has 0 amide bonds. The second kappa shape index (κ2) is 3.95. The minimum absolute atomic E-state index is 0.188. The maximum Gasteiger partial charge on any atom is 0.163 e. The summed E-state index contributed by atoms with van der Waals surface area (Å²) in [4.78, 5) is 0. The normalized spacial score (nSPS) is 13.4. The molecule has 0 aromatic carbocycles. The molecule has 0 fully saturated rings. The quantitative estimate of drug-likeness (QED) is 0.421. The lowest BCUT2D eigenvalue weighted by atomic mass is 10.0. The predicted octanol–water partition coefficient (Wildman–Crippen LogP) is 0.459. The molecule has 0 saturated carbocycles. The van der Waals surface area contributed by atoms with Crippen LogP contribution in [0.2, 0.25) is 0 Å². The molecule has 0 heterocycles. The van der Waals surface area contributed by atoms with Crippen LogP contribution < -0.4 is 5.73 Å². The van der Waals surface area contributed by atoms with E-state index in [9.17, 15) is 4.39 Å². The van der Waals surface area contributed by atoms with Gasteiger partial charge in [-0.05, 0) is 11.7 Å². The number of rotatable bonds is 2. The summed E-state index contributed by atoms with van der Waals surface area (Å²) in [5, 5.41) is 0. The largest absolute Gasteiger partial charge is 0.408 e. The number of nitrogens with two attached hydrogens (primary N) is 1. The minimum atomic E-state index is -0.407. The number of hydrogen-bond donors (Lipinski definition) is 1. The van der Waals surface area contributed by atoms with Gasteiger partial charge in [0.05, 0.1) is 0 Å². The van der Waals surface area contributed by atoms with Gasteiger partial charge in [0.2, 0.25) is 0 Å². The molecule has 0 aliphatic carbocycles. The van der Waals surface area contributed by atoms with Crippen LogP contribution in [0.5, 0.6) is 0 Å². The molecule has 0 radical (unpaired) electrons. The zero-order valence-electron chi connectivity index (χ0n) is 5.39. The van der Waals surface area contributed by atoms with E-state index in [0.717, 1.165) is 0 Å². The molecule has 0 atom stereocenters. The van der Waals surface area contributed by atoms with Gasteiger partial charge in [0, 0.05) is 0 Å². The number of hydrogen-bond acceptors (Lipinski definition) is 1. The van der Waals surface area contributed by atoms with Crippen LogP contribution in [0.15, 0.2) is 36.2 Å². The second-order valence-electron chi connectivity index (χ2n) is 1.63. The van der Waals surface area contributed by atoms with Crippen molar-refractivity contribution in [3.63, 3.8) is 0 Å². The standard InChI is InChI=1S/C6H9BFN/c1-2-3-4-5(8)6(7)9/h2-4H,1,7,9H2/b4-3-,6-5+. The van der Waals surface area contributed by atoms with Crippen molar-refractivity contribution in [2.45, 2.75) is 0 Å². The summed E-state index contributed by atoms with van der Waals surface area (Å²) in [5.74, 6) is -0.407. The predicted molar refractivity (Wildman–Crippen MR) is 40.2 cm³/mol. The highest BCUT2D eigenvalue weighted by Crippen LogP contribution is 1.98. The van der Waals surface area contributed by atoms with Gasteiger partial charge < -0.3 is 5.73 Å². The van der Waals surface area contributed by atoms with Crippen LogP contribution in [0.3, 0.4) is 0 Å². The Morgan fingerprint density at radius 1 is 1.67 bits per heavy atom. The van der Waals surface area contributed by atoms with Gasteiger partial charge >= 0.3 is 0 Å². The molecule has 9 heavy (non-hydrogen) atoms. The molecule has 0 aliphatic rings. The molecule has 1 nitrogen and oxygen atoms in total. The maximum atomic E-state index is 12.3. The van der Waals surface area contributed by atoms with Gasteiger partial charge in [-0.1, -0.05) is 18.7 Å². The lowest BCUT2D eigenvalue weighted by Crippen LogP contribution is -1.97. The highest BCUT2D eigenvalue weighted by atomic mass is 19.1.